The normalized spacial score (nSPS) is 24.7. The molecule has 0 aromatic carbocycles. The van der Waals surface area contributed by atoms with Crippen molar-refractivity contribution in [2.24, 2.45) is 0 Å². The van der Waals surface area contributed by atoms with E-state index in [-0.39, 0.29) is 35.2 Å². The Balaban J connectivity index is 2.34. The summed E-state index contributed by atoms with van der Waals surface area (Å²) in [5.41, 5.74) is 0. The average molecular weight is 405 g/mol. The van der Waals surface area contributed by atoms with Gasteiger partial charge in [0.25, 0.3) is 0 Å². The Morgan fingerprint density at radius 2 is 1.88 bits per heavy atom. The Morgan fingerprint density at radius 1 is 1.27 bits per heavy atom. The Hall–Kier alpha value is -1.38. The van der Waals surface area contributed by atoms with Crippen LogP contribution in [0.25, 0.3) is 0 Å². The van der Waals surface area contributed by atoms with Crippen molar-refractivity contribution in [2.45, 2.75) is 51.1 Å². The lowest BCUT2D eigenvalue weighted by Crippen LogP contribution is -2.54. The van der Waals surface area contributed by atoms with Crippen LogP contribution in [-0.2, 0) is 19.6 Å². The molecule has 2 rings (SSSR count). The second-order valence-corrected chi connectivity index (χ2v) is 8.89. The van der Waals surface area contributed by atoms with Gasteiger partial charge in [-0.2, -0.15) is 4.31 Å². The first-order valence-electron chi connectivity index (χ1n) is 8.64. The van der Waals surface area contributed by atoms with Crippen molar-refractivity contribution < 1.29 is 22.7 Å². The van der Waals surface area contributed by atoms with Gasteiger partial charge in [-0.05, 0) is 19.3 Å². The third-order valence-electron chi connectivity index (χ3n) is 4.49. The molecule has 146 valence electrons. The number of ether oxygens (including phenoxy) is 1. The van der Waals surface area contributed by atoms with Gasteiger partial charge < -0.3 is 9.64 Å². The lowest BCUT2D eigenvalue weighted by atomic mass is 9.96. The molecule has 2 atom stereocenters. The van der Waals surface area contributed by atoms with Gasteiger partial charge in [0.2, 0.25) is 10.0 Å². The highest BCUT2D eigenvalue weighted by Crippen LogP contribution is 2.35. The third-order valence-corrected chi connectivity index (χ3v) is 7.06. The molecule has 1 aliphatic heterocycles. The maximum Gasteiger partial charge on any atom is 0.409 e. The Morgan fingerprint density at radius 3 is 2.46 bits per heavy atom. The van der Waals surface area contributed by atoms with E-state index >= 15 is 0 Å². The highest BCUT2D eigenvalue weighted by molar-refractivity contribution is 7.93. The van der Waals surface area contributed by atoms with Crippen molar-refractivity contribution >= 4 is 33.5 Å². The monoisotopic (exact) mass is 404 g/mol. The Bertz CT molecular complexity index is 729. The van der Waals surface area contributed by atoms with E-state index in [1.807, 2.05) is 6.92 Å². The molecule has 2 aliphatic rings. The van der Waals surface area contributed by atoms with Crippen LogP contribution in [0, 0.1) is 0 Å². The summed E-state index contributed by atoms with van der Waals surface area (Å²) in [7, 11) is -0.826. The van der Waals surface area contributed by atoms with Gasteiger partial charge in [0.15, 0.2) is 0 Å². The number of halogens is 1. The maximum absolute atomic E-state index is 13.3. The lowest BCUT2D eigenvalue weighted by Gasteiger charge is -2.40. The molecular weight excluding hydrogens is 380 g/mol. The number of carbonyl (C=O) groups is 2. The number of carbonyl (C=O) groups excluding carboxylic acids is 2. The minimum absolute atomic E-state index is 0.0189. The molecule has 0 saturated carbocycles. The van der Waals surface area contributed by atoms with Crippen LogP contribution in [0.3, 0.4) is 0 Å². The Labute approximate surface area is 159 Å². The third kappa shape index (κ3) is 4.47. The van der Waals surface area contributed by atoms with Crippen molar-refractivity contribution in [1.29, 1.82) is 0 Å². The molecule has 26 heavy (non-hydrogen) atoms. The number of piperidine rings is 1. The number of allylic oxidation sites excluding steroid dienone is 3. The molecular formula is C17H25ClN2O5S. The van der Waals surface area contributed by atoms with Gasteiger partial charge in [-0.3, -0.25) is 4.79 Å². The average Bonchev–Trinajstić information content (AvgIpc) is 2.58. The fraction of sp³-hybridized carbons (Fsp3) is 0.647. The summed E-state index contributed by atoms with van der Waals surface area (Å²) >= 11 is 6.15. The lowest BCUT2D eigenvalue weighted by molar-refractivity contribution is -0.124. The van der Waals surface area contributed by atoms with Crippen LogP contribution in [0.1, 0.15) is 39.0 Å². The van der Waals surface area contributed by atoms with Crippen LogP contribution in [0.2, 0.25) is 0 Å². The van der Waals surface area contributed by atoms with Crippen molar-refractivity contribution in [3.63, 3.8) is 0 Å². The van der Waals surface area contributed by atoms with E-state index in [9.17, 15) is 18.0 Å². The maximum atomic E-state index is 13.3. The number of nitrogens with zero attached hydrogens (tertiary/aromatic N) is 2. The predicted molar refractivity (Wildman–Crippen MR) is 99.2 cm³/mol. The first-order chi connectivity index (χ1) is 12.2. The molecule has 2 unspecified atom stereocenters. The fourth-order valence-electron chi connectivity index (χ4n) is 3.20. The summed E-state index contributed by atoms with van der Waals surface area (Å²) in [6.45, 7) is 1.66. The van der Waals surface area contributed by atoms with Gasteiger partial charge in [-0.1, -0.05) is 30.7 Å². The SMILES string of the molecule is CCC1CC(=O)CC(COC(=O)N(C)C)N1S(=O)(=O)C1=CCCC=C1Cl. The first-order valence-corrected chi connectivity index (χ1v) is 10.5. The van der Waals surface area contributed by atoms with E-state index in [4.69, 9.17) is 16.3 Å². The van der Waals surface area contributed by atoms with E-state index in [0.717, 1.165) is 0 Å². The fourth-order valence-corrected chi connectivity index (χ4v) is 5.71. The Kier molecular flexibility index (Phi) is 6.87. The van der Waals surface area contributed by atoms with E-state index in [2.05, 4.69) is 0 Å². The highest BCUT2D eigenvalue weighted by atomic mass is 35.5. The number of hydrogen-bond donors (Lipinski definition) is 0. The van der Waals surface area contributed by atoms with E-state index in [1.54, 1.807) is 12.2 Å². The van der Waals surface area contributed by atoms with Gasteiger partial charge in [-0.25, -0.2) is 13.2 Å². The van der Waals surface area contributed by atoms with Crippen LogP contribution in [0.4, 0.5) is 4.79 Å². The molecule has 0 radical (unpaired) electrons. The molecule has 0 bridgehead atoms. The minimum atomic E-state index is -3.90. The quantitative estimate of drug-likeness (QED) is 0.703. The topological polar surface area (TPSA) is 84.0 Å². The molecule has 9 heteroatoms. The molecule has 0 aromatic rings. The van der Waals surface area contributed by atoms with E-state index < -0.39 is 28.2 Å². The molecule has 1 aliphatic carbocycles. The second-order valence-electron chi connectivity index (χ2n) is 6.67. The van der Waals surface area contributed by atoms with Crippen molar-refractivity contribution in [2.75, 3.05) is 20.7 Å². The van der Waals surface area contributed by atoms with Gasteiger partial charge >= 0.3 is 6.09 Å². The summed E-state index contributed by atoms with van der Waals surface area (Å²) in [6.07, 6.45) is 4.66. The molecule has 0 N–H and O–H groups in total. The highest BCUT2D eigenvalue weighted by Gasteiger charge is 2.44. The zero-order chi connectivity index (χ0) is 19.5. The zero-order valence-corrected chi connectivity index (χ0v) is 16.8. The molecule has 0 aromatic heterocycles. The van der Waals surface area contributed by atoms with Crippen LogP contribution >= 0.6 is 11.6 Å². The standard InChI is InChI=1S/C17H25ClN2O5S/c1-4-12-9-14(21)10-13(11-25-17(22)19(2)3)20(12)26(23,24)16-8-6-5-7-15(16)18/h7-8,12-13H,4-6,9-11H2,1-3H3. The van der Waals surface area contributed by atoms with Crippen molar-refractivity contribution in [3.8, 4) is 0 Å². The van der Waals surface area contributed by atoms with Crippen molar-refractivity contribution in [1.82, 2.24) is 9.21 Å². The summed E-state index contributed by atoms with van der Waals surface area (Å²) in [5, 5.41) is 0.201. The predicted octanol–water partition coefficient (Wildman–Crippen LogP) is 2.63. The van der Waals surface area contributed by atoms with Gasteiger partial charge in [0.1, 0.15) is 12.4 Å². The van der Waals surface area contributed by atoms with Crippen molar-refractivity contribution in [3.05, 3.63) is 22.1 Å². The van der Waals surface area contributed by atoms with Crippen LogP contribution in [0.5, 0.6) is 0 Å². The minimum Gasteiger partial charge on any atom is -0.448 e. The van der Waals surface area contributed by atoms with Crippen LogP contribution in [0.15, 0.2) is 22.1 Å². The zero-order valence-electron chi connectivity index (χ0n) is 15.3. The molecule has 0 spiro atoms. The first kappa shape index (κ1) is 20.9. The molecule has 7 nitrogen and oxygen atoms in total. The summed E-state index contributed by atoms with van der Waals surface area (Å²) < 4.78 is 33.1. The van der Waals surface area contributed by atoms with Gasteiger partial charge in [0, 0.05) is 33.0 Å². The number of hydrogen-bond acceptors (Lipinski definition) is 5. The molecule has 1 heterocycles. The summed E-state index contributed by atoms with van der Waals surface area (Å²) in [6, 6.07) is -1.21. The van der Waals surface area contributed by atoms with E-state index in [1.165, 1.54) is 23.3 Å². The molecule has 1 saturated heterocycles. The van der Waals surface area contributed by atoms with Crippen LogP contribution in [-0.4, -0.2) is 62.3 Å². The second kappa shape index (κ2) is 8.54. The number of rotatable bonds is 5. The smallest absolute Gasteiger partial charge is 0.409 e. The molecule has 1 amide bonds. The molecule has 1 fully saturated rings. The summed E-state index contributed by atoms with van der Waals surface area (Å²) in [4.78, 5) is 25.2. The van der Waals surface area contributed by atoms with Gasteiger partial charge in [-0.15, -0.1) is 0 Å². The number of amides is 1. The summed E-state index contributed by atoms with van der Waals surface area (Å²) in [5.74, 6) is -0.0338. The van der Waals surface area contributed by atoms with E-state index in [0.29, 0.717) is 19.3 Å². The number of Topliss-reactive ketones (excluding diaryl/α,β-unsaturated/α-hetero) is 1. The van der Waals surface area contributed by atoms with Gasteiger partial charge in [0.05, 0.1) is 16.0 Å². The largest absolute Gasteiger partial charge is 0.448 e. The number of sulfonamides is 1. The van der Waals surface area contributed by atoms with Crippen LogP contribution < -0.4 is 0 Å². The number of ketones is 1.